The van der Waals surface area contributed by atoms with Crippen LogP contribution in [0.15, 0.2) is 59.8 Å². The highest BCUT2D eigenvalue weighted by Crippen LogP contribution is 2.38. The minimum atomic E-state index is -0.157. The maximum atomic E-state index is 13.9. The Morgan fingerprint density at radius 2 is 2.03 bits per heavy atom. The lowest BCUT2D eigenvalue weighted by Crippen LogP contribution is -2.26. The van der Waals surface area contributed by atoms with Crippen LogP contribution < -0.4 is 10.9 Å². The molecule has 0 spiro atoms. The number of aryl methyl sites for hydroxylation is 1. The fourth-order valence-corrected chi connectivity index (χ4v) is 4.71. The van der Waals surface area contributed by atoms with Crippen LogP contribution in [-0.4, -0.2) is 28.9 Å². The summed E-state index contributed by atoms with van der Waals surface area (Å²) in [5, 5.41) is 14.2. The average Bonchev–Trinajstić information content (AvgIpc) is 3.34. The topological polar surface area (TPSA) is 82.0 Å². The molecule has 33 heavy (non-hydrogen) atoms. The van der Waals surface area contributed by atoms with Gasteiger partial charge in [-0.15, -0.1) is 0 Å². The van der Waals surface area contributed by atoms with Crippen molar-refractivity contribution in [2.75, 3.05) is 5.32 Å². The van der Waals surface area contributed by atoms with Crippen molar-refractivity contribution in [3.05, 3.63) is 76.2 Å². The Labute approximate surface area is 194 Å². The fraction of sp³-hybridized carbons (Fsp3) is 0.250. The van der Waals surface area contributed by atoms with Crippen molar-refractivity contribution in [1.82, 2.24) is 28.9 Å². The number of hydrogen-bond acceptors (Lipinski definition) is 5. The van der Waals surface area contributed by atoms with E-state index in [1.165, 1.54) is 0 Å². The van der Waals surface area contributed by atoms with E-state index in [2.05, 4.69) is 26.6 Å². The summed E-state index contributed by atoms with van der Waals surface area (Å²) in [5.74, 6) is 0.724. The smallest absolute Gasteiger partial charge is 0.259 e. The van der Waals surface area contributed by atoms with Gasteiger partial charge < -0.3 is 9.88 Å². The third-order valence-electron chi connectivity index (χ3n) is 6.17. The van der Waals surface area contributed by atoms with Crippen LogP contribution in [0.4, 0.5) is 5.82 Å². The van der Waals surface area contributed by atoms with E-state index < -0.39 is 0 Å². The van der Waals surface area contributed by atoms with E-state index in [1.54, 1.807) is 33.7 Å². The molecule has 166 valence electrons. The first-order valence-electron chi connectivity index (χ1n) is 10.9. The lowest BCUT2D eigenvalue weighted by Gasteiger charge is -2.22. The Morgan fingerprint density at radius 3 is 2.79 bits per heavy atom. The lowest BCUT2D eigenvalue weighted by atomic mass is 10.00. The standard InChI is InChI=1S/C24H22ClN7O/c1-14(28-22-11-20(25)29-21-8-9-26-32(21)22)19-10-15-4-3-5-18(16-12-27-30(2)13-16)23(15)24(33)31(19)17-6-7-17/h3-5,8-14,17,28H,6-7H2,1-2H3/t14-/m0/s1. The van der Waals surface area contributed by atoms with Crippen LogP contribution in [0.2, 0.25) is 5.15 Å². The highest BCUT2D eigenvalue weighted by Gasteiger charge is 2.30. The molecule has 0 aliphatic heterocycles. The van der Waals surface area contributed by atoms with E-state index in [4.69, 9.17) is 11.6 Å². The van der Waals surface area contributed by atoms with E-state index in [0.717, 1.165) is 46.3 Å². The molecule has 0 amide bonds. The largest absolute Gasteiger partial charge is 0.362 e. The quantitative estimate of drug-likeness (QED) is 0.388. The van der Waals surface area contributed by atoms with Crippen LogP contribution in [0, 0.1) is 0 Å². The Kier molecular flexibility index (Phi) is 4.51. The Bertz CT molecular complexity index is 1580. The number of aromatic nitrogens is 6. The summed E-state index contributed by atoms with van der Waals surface area (Å²) in [4.78, 5) is 18.2. The first-order valence-corrected chi connectivity index (χ1v) is 11.3. The van der Waals surface area contributed by atoms with Crippen LogP contribution in [0.5, 0.6) is 0 Å². The summed E-state index contributed by atoms with van der Waals surface area (Å²) < 4.78 is 5.43. The first-order chi connectivity index (χ1) is 16.0. The van der Waals surface area contributed by atoms with Crippen LogP contribution >= 0.6 is 11.6 Å². The molecule has 1 saturated carbocycles. The zero-order valence-electron chi connectivity index (χ0n) is 18.2. The van der Waals surface area contributed by atoms with Gasteiger partial charge in [-0.2, -0.15) is 14.7 Å². The number of halogens is 1. The molecule has 1 N–H and O–H groups in total. The molecule has 1 atom stereocenters. The number of anilines is 1. The highest BCUT2D eigenvalue weighted by molar-refractivity contribution is 6.29. The van der Waals surface area contributed by atoms with Crippen molar-refractivity contribution in [3.63, 3.8) is 0 Å². The monoisotopic (exact) mass is 459 g/mol. The van der Waals surface area contributed by atoms with Gasteiger partial charge in [-0.1, -0.05) is 29.8 Å². The van der Waals surface area contributed by atoms with Crippen molar-refractivity contribution in [1.29, 1.82) is 0 Å². The number of nitrogens with zero attached hydrogens (tertiary/aromatic N) is 6. The third kappa shape index (κ3) is 3.38. The summed E-state index contributed by atoms with van der Waals surface area (Å²) in [6.45, 7) is 2.05. The van der Waals surface area contributed by atoms with E-state index >= 15 is 0 Å². The maximum absolute atomic E-state index is 13.9. The molecule has 6 rings (SSSR count). The molecule has 1 fully saturated rings. The summed E-state index contributed by atoms with van der Waals surface area (Å²) >= 11 is 6.23. The summed E-state index contributed by atoms with van der Waals surface area (Å²) in [6.07, 6.45) is 7.44. The van der Waals surface area contributed by atoms with Gasteiger partial charge in [-0.05, 0) is 36.8 Å². The van der Waals surface area contributed by atoms with Crippen LogP contribution in [0.25, 0.3) is 27.5 Å². The average molecular weight is 460 g/mol. The second-order valence-corrected chi connectivity index (χ2v) is 8.97. The highest BCUT2D eigenvalue weighted by atomic mass is 35.5. The molecule has 4 heterocycles. The minimum Gasteiger partial charge on any atom is -0.362 e. The summed E-state index contributed by atoms with van der Waals surface area (Å²) in [5.41, 5.74) is 3.48. The molecule has 1 aliphatic carbocycles. The predicted molar refractivity (Wildman–Crippen MR) is 129 cm³/mol. The molecule has 5 aromatic rings. The van der Waals surface area contributed by atoms with E-state index in [1.807, 2.05) is 42.9 Å². The molecular formula is C24H22ClN7O. The number of nitrogens with one attached hydrogen (secondary N) is 1. The van der Waals surface area contributed by atoms with Crippen LogP contribution in [0.3, 0.4) is 0 Å². The second kappa shape index (κ2) is 7.45. The third-order valence-corrected chi connectivity index (χ3v) is 6.37. The first kappa shape index (κ1) is 20.0. The lowest BCUT2D eigenvalue weighted by molar-refractivity contribution is 0.634. The van der Waals surface area contributed by atoms with Gasteiger partial charge in [0.1, 0.15) is 11.0 Å². The summed E-state index contributed by atoms with van der Waals surface area (Å²) in [7, 11) is 1.88. The number of fused-ring (bicyclic) bond motifs is 2. The van der Waals surface area contributed by atoms with E-state index in [9.17, 15) is 4.79 Å². The van der Waals surface area contributed by atoms with E-state index in [0.29, 0.717) is 10.8 Å². The van der Waals surface area contributed by atoms with Crippen molar-refractivity contribution >= 4 is 33.8 Å². The van der Waals surface area contributed by atoms with Crippen LogP contribution in [-0.2, 0) is 7.05 Å². The molecule has 1 aromatic carbocycles. The zero-order chi connectivity index (χ0) is 22.7. The number of benzene rings is 1. The van der Waals surface area contributed by atoms with Gasteiger partial charge in [0, 0.05) is 42.7 Å². The molecule has 1 aliphatic rings. The normalized spacial score (nSPS) is 14.8. The van der Waals surface area contributed by atoms with Gasteiger partial charge >= 0.3 is 0 Å². The van der Waals surface area contributed by atoms with Gasteiger partial charge in [0.05, 0.1) is 23.8 Å². The van der Waals surface area contributed by atoms with E-state index in [-0.39, 0.29) is 17.6 Å². The maximum Gasteiger partial charge on any atom is 0.259 e. The van der Waals surface area contributed by atoms with Gasteiger partial charge in [-0.25, -0.2) is 4.98 Å². The van der Waals surface area contributed by atoms with Crippen molar-refractivity contribution in [2.45, 2.75) is 31.8 Å². The molecular weight excluding hydrogens is 438 g/mol. The molecule has 0 unspecified atom stereocenters. The van der Waals surface area contributed by atoms with Gasteiger partial charge in [0.15, 0.2) is 5.65 Å². The molecule has 4 aromatic heterocycles. The van der Waals surface area contributed by atoms with Crippen molar-refractivity contribution < 1.29 is 0 Å². The zero-order valence-corrected chi connectivity index (χ0v) is 19.0. The number of pyridine rings is 1. The number of rotatable bonds is 5. The van der Waals surface area contributed by atoms with Gasteiger partial charge in [-0.3, -0.25) is 9.48 Å². The SMILES string of the molecule is C[C@H](Nc1cc(Cl)nc2ccnn12)c1cc2cccc(-c3cnn(C)c3)c2c(=O)n1C1CC1. The Morgan fingerprint density at radius 1 is 1.18 bits per heavy atom. The fourth-order valence-electron chi connectivity index (χ4n) is 4.52. The predicted octanol–water partition coefficient (Wildman–Crippen LogP) is 4.61. The molecule has 0 bridgehead atoms. The Balaban J connectivity index is 1.51. The molecule has 8 nitrogen and oxygen atoms in total. The van der Waals surface area contributed by atoms with Crippen LogP contribution in [0.1, 0.15) is 37.5 Å². The Hall–Kier alpha value is -3.65. The second-order valence-electron chi connectivity index (χ2n) is 8.58. The van der Waals surface area contributed by atoms with Crippen molar-refractivity contribution in [3.8, 4) is 11.1 Å². The molecule has 9 heteroatoms. The number of hydrogen-bond donors (Lipinski definition) is 1. The van der Waals surface area contributed by atoms with Crippen molar-refractivity contribution in [2.24, 2.45) is 7.05 Å². The van der Waals surface area contributed by atoms with Gasteiger partial charge in [0.2, 0.25) is 0 Å². The minimum absolute atomic E-state index is 0.0371. The molecule has 0 radical (unpaired) electrons. The van der Waals surface area contributed by atoms with Gasteiger partial charge in [0.25, 0.3) is 5.56 Å². The molecule has 0 saturated heterocycles. The summed E-state index contributed by atoms with van der Waals surface area (Å²) in [6, 6.07) is 11.7.